The van der Waals surface area contributed by atoms with E-state index < -0.39 is 0 Å². The van der Waals surface area contributed by atoms with E-state index in [1.54, 1.807) is 7.11 Å². The van der Waals surface area contributed by atoms with Crippen LogP contribution in [0, 0.1) is 12.8 Å². The molecule has 0 amide bonds. The molecule has 1 aliphatic heterocycles. The van der Waals surface area contributed by atoms with Crippen LogP contribution in [0.1, 0.15) is 51.3 Å². The quantitative estimate of drug-likeness (QED) is 0.914. The van der Waals surface area contributed by atoms with Crippen LogP contribution in [0.5, 0.6) is 5.75 Å². The van der Waals surface area contributed by atoms with Gasteiger partial charge in [0.15, 0.2) is 0 Å². The first-order valence-corrected chi connectivity index (χ1v) is 7.72. The third kappa shape index (κ3) is 3.24. The number of benzene rings is 1. The van der Waals surface area contributed by atoms with Gasteiger partial charge in [0.2, 0.25) is 0 Å². The van der Waals surface area contributed by atoms with Crippen molar-refractivity contribution in [2.75, 3.05) is 14.2 Å². The molecular weight excluding hydrogens is 262 g/mol. The summed E-state index contributed by atoms with van der Waals surface area (Å²) in [5.41, 5.74) is 2.27. The monoisotopic (exact) mass is 291 g/mol. The zero-order chi connectivity index (χ0) is 15.8. The fourth-order valence-electron chi connectivity index (χ4n) is 3.82. The van der Waals surface area contributed by atoms with E-state index in [9.17, 15) is 0 Å². The molecule has 2 rings (SSSR count). The highest BCUT2D eigenvalue weighted by Gasteiger charge is 2.49. The normalized spacial score (nSPS) is 24.8. The summed E-state index contributed by atoms with van der Waals surface area (Å²) >= 11 is 0. The zero-order valence-electron chi connectivity index (χ0n) is 14.4. The molecule has 1 saturated heterocycles. The lowest BCUT2D eigenvalue weighted by atomic mass is 9.78. The summed E-state index contributed by atoms with van der Waals surface area (Å²) in [5.74, 6) is 1.38. The molecule has 0 spiro atoms. The molecular formula is C18H29NO2. The molecule has 3 nitrogen and oxygen atoms in total. The molecule has 1 heterocycles. The first-order chi connectivity index (χ1) is 9.70. The third-order valence-electron chi connectivity index (χ3n) is 4.64. The number of rotatable bonds is 4. The highest BCUT2D eigenvalue weighted by atomic mass is 16.5. The molecule has 2 atom stereocenters. The topological polar surface area (TPSA) is 30.5 Å². The van der Waals surface area contributed by atoms with E-state index >= 15 is 0 Å². The lowest BCUT2D eigenvalue weighted by Gasteiger charge is -2.33. The van der Waals surface area contributed by atoms with Crippen LogP contribution in [-0.2, 0) is 4.74 Å². The highest BCUT2D eigenvalue weighted by molar-refractivity contribution is 5.38. The second kappa shape index (κ2) is 5.62. The molecule has 0 bridgehead atoms. The van der Waals surface area contributed by atoms with Gasteiger partial charge >= 0.3 is 0 Å². The number of hydrogen-bond acceptors (Lipinski definition) is 3. The lowest BCUT2D eigenvalue weighted by molar-refractivity contribution is -0.0776. The van der Waals surface area contributed by atoms with Gasteiger partial charge < -0.3 is 14.8 Å². The minimum Gasteiger partial charge on any atom is -0.496 e. The minimum atomic E-state index is -0.134. The Hall–Kier alpha value is -1.06. The molecule has 1 aromatic rings. The Morgan fingerprint density at radius 1 is 1.29 bits per heavy atom. The van der Waals surface area contributed by atoms with Crippen LogP contribution in [0.2, 0.25) is 0 Å². The minimum absolute atomic E-state index is 0.0647. The van der Waals surface area contributed by atoms with E-state index in [0.717, 1.165) is 12.2 Å². The van der Waals surface area contributed by atoms with E-state index in [1.165, 1.54) is 11.1 Å². The van der Waals surface area contributed by atoms with Crippen molar-refractivity contribution in [3.63, 3.8) is 0 Å². The van der Waals surface area contributed by atoms with Gasteiger partial charge in [-0.2, -0.15) is 0 Å². The van der Waals surface area contributed by atoms with Crippen LogP contribution in [0.3, 0.4) is 0 Å². The molecule has 1 aliphatic rings. The van der Waals surface area contributed by atoms with Gasteiger partial charge in [0, 0.05) is 12.0 Å². The van der Waals surface area contributed by atoms with Gasteiger partial charge in [0.1, 0.15) is 5.75 Å². The van der Waals surface area contributed by atoms with Crippen molar-refractivity contribution in [2.45, 2.75) is 58.3 Å². The fourth-order valence-corrected chi connectivity index (χ4v) is 3.82. The van der Waals surface area contributed by atoms with Crippen LogP contribution in [0.25, 0.3) is 0 Å². The molecule has 1 N–H and O–H groups in total. The average molecular weight is 291 g/mol. The summed E-state index contributed by atoms with van der Waals surface area (Å²) in [6.07, 6.45) is 1.05. The largest absolute Gasteiger partial charge is 0.496 e. The molecule has 21 heavy (non-hydrogen) atoms. The Bertz CT molecular complexity index is 508. The number of nitrogens with one attached hydrogen (secondary N) is 1. The Labute approximate surface area is 129 Å². The number of aryl methyl sites for hydroxylation is 1. The van der Waals surface area contributed by atoms with E-state index in [1.807, 2.05) is 7.05 Å². The van der Waals surface area contributed by atoms with Crippen molar-refractivity contribution in [3.05, 3.63) is 29.3 Å². The van der Waals surface area contributed by atoms with Crippen LogP contribution in [-0.4, -0.2) is 25.4 Å². The van der Waals surface area contributed by atoms with Crippen molar-refractivity contribution in [3.8, 4) is 5.75 Å². The van der Waals surface area contributed by atoms with Crippen LogP contribution in [0.15, 0.2) is 18.2 Å². The standard InChI is InChI=1S/C18H29NO2/c1-12-10-13(8-9-15(12)20-7)16(19-6)14-11-17(2,3)21-18(14,4)5/h8-10,14,16,19H,11H2,1-7H3. The van der Waals surface area contributed by atoms with Crippen molar-refractivity contribution < 1.29 is 9.47 Å². The maximum absolute atomic E-state index is 6.26. The maximum atomic E-state index is 6.26. The predicted octanol–water partition coefficient (Wildman–Crippen LogP) is 3.86. The second-order valence-corrected chi connectivity index (χ2v) is 7.27. The number of methoxy groups -OCH3 is 1. The number of hydrogen-bond donors (Lipinski definition) is 1. The second-order valence-electron chi connectivity index (χ2n) is 7.27. The predicted molar refractivity (Wildman–Crippen MR) is 86.9 cm³/mol. The third-order valence-corrected chi connectivity index (χ3v) is 4.64. The first kappa shape index (κ1) is 16.3. The average Bonchev–Trinajstić information content (AvgIpc) is 2.59. The van der Waals surface area contributed by atoms with Gasteiger partial charge in [0.05, 0.1) is 18.3 Å². The van der Waals surface area contributed by atoms with Crippen molar-refractivity contribution in [1.29, 1.82) is 0 Å². The Balaban J connectivity index is 2.34. The molecule has 3 heteroatoms. The Morgan fingerprint density at radius 2 is 1.95 bits per heavy atom. The summed E-state index contributed by atoms with van der Waals surface area (Å²) < 4.78 is 11.6. The van der Waals surface area contributed by atoms with Crippen molar-refractivity contribution >= 4 is 0 Å². The first-order valence-electron chi connectivity index (χ1n) is 7.72. The molecule has 1 aromatic carbocycles. The van der Waals surface area contributed by atoms with Gasteiger partial charge in [-0.15, -0.1) is 0 Å². The summed E-state index contributed by atoms with van der Waals surface area (Å²) in [6.45, 7) is 10.9. The lowest BCUT2D eigenvalue weighted by Crippen LogP contribution is -2.37. The van der Waals surface area contributed by atoms with E-state index in [-0.39, 0.29) is 17.2 Å². The smallest absolute Gasteiger partial charge is 0.121 e. The van der Waals surface area contributed by atoms with Gasteiger partial charge in [-0.05, 0) is 65.3 Å². The van der Waals surface area contributed by atoms with Gasteiger partial charge in [-0.25, -0.2) is 0 Å². The highest BCUT2D eigenvalue weighted by Crippen LogP contribution is 2.47. The SMILES string of the molecule is CNC(c1ccc(OC)c(C)c1)C1CC(C)(C)OC1(C)C. The zero-order valence-corrected chi connectivity index (χ0v) is 14.4. The summed E-state index contributed by atoms with van der Waals surface area (Å²) in [5, 5.41) is 3.50. The molecule has 0 saturated carbocycles. The van der Waals surface area contributed by atoms with Crippen molar-refractivity contribution in [1.82, 2.24) is 5.32 Å². The van der Waals surface area contributed by atoms with Crippen LogP contribution >= 0.6 is 0 Å². The molecule has 118 valence electrons. The van der Waals surface area contributed by atoms with E-state index in [0.29, 0.717) is 5.92 Å². The molecule has 0 aliphatic carbocycles. The van der Waals surface area contributed by atoms with Crippen molar-refractivity contribution in [2.24, 2.45) is 5.92 Å². The molecule has 1 fully saturated rings. The van der Waals surface area contributed by atoms with Crippen LogP contribution in [0.4, 0.5) is 0 Å². The summed E-state index contributed by atoms with van der Waals surface area (Å²) in [4.78, 5) is 0. The van der Waals surface area contributed by atoms with Gasteiger partial charge in [-0.1, -0.05) is 12.1 Å². The molecule has 0 aromatic heterocycles. The van der Waals surface area contributed by atoms with E-state index in [2.05, 4.69) is 58.1 Å². The molecule has 0 radical (unpaired) electrons. The fraction of sp³-hybridized carbons (Fsp3) is 0.667. The van der Waals surface area contributed by atoms with Crippen LogP contribution < -0.4 is 10.1 Å². The van der Waals surface area contributed by atoms with Gasteiger partial charge in [-0.3, -0.25) is 0 Å². The number of ether oxygens (including phenoxy) is 2. The summed E-state index contributed by atoms with van der Waals surface area (Å²) in [7, 11) is 3.75. The summed E-state index contributed by atoms with van der Waals surface area (Å²) in [6, 6.07) is 6.73. The Morgan fingerprint density at radius 3 is 2.38 bits per heavy atom. The van der Waals surface area contributed by atoms with E-state index in [4.69, 9.17) is 9.47 Å². The maximum Gasteiger partial charge on any atom is 0.121 e. The van der Waals surface area contributed by atoms with Gasteiger partial charge in [0.25, 0.3) is 0 Å². The Kier molecular flexibility index (Phi) is 4.36. The molecule has 2 unspecified atom stereocenters.